The molecule has 4 nitrogen and oxygen atoms in total. The molecule has 37 heavy (non-hydrogen) atoms. The van der Waals surface area contributed by atoms with E-state index in [9.17, 15) is 36.4 Å². The molecule has 4 aromatic rings. The number of nitrogens with one attached hydrogen (secondary N) is 1. The smallest absolute Gasteiger partial charge is 0.305 e. The number of amides is 1. The summed E-state index contributed by atoms with van der Waals surface area (Å²) in [5, 5.41) is 12.1. The SMILES string of the molecule is N#Cc1c(-c2ccccc2)cc(-c2ccccc2)nc1NC(=O)c1cc(C(F)(F)F)cc(C(F)(F)F)c1. The number of rotatable bonds is 4. The normalized spacial score (nSPS) is 11.6. The maximum absolute atomic E-state index is 13.3. The molecule has 0 radical (unpaired) electrons. The van der Waals surface area contributed by atoms with Crippen LogP contribution in [0.25, 0.3) is 22.4 Å². The molecule has 0 saturated carbocycles. The number of aromatic nitrogens is 1. The van der Waals surface area contributed by atoms with Crippen LogP contribution >= 0.6 is 0 Å². The van der Waals surface area contributed by atoms with Crippen molar-refractivity contribution < 1.29 is 31.1 Å². The van der Waals surface area contributed by atoms with E-state index in [2.05, 4.69) is 10.3 Å². The van der Waals surface area contributed by atoms with E-state index in [0.717, 1.165) is 0 Å². The Hall–Kier alpha value is -4.65. The van der Waals surface area contributed by atoms with Gasteiger partial charge in [-0.15, -0.1) is 0 Å². The van der Waals surface area contributed by atoms with E-state index in [-0.39, 0.29) is 17.4 Å². The van der Waals surface area contributed by atoms with Crippen molar-refractivity contribution in [3.8, 4) is 28.5 Å². The van der Waals surface area contributed by atoms with Crippen molar-refractivity contribution in [2.45, 2.75) is 12.4 Å². The van der Waals surface area contributed by atoms with Crippen molar-refractivity contribution in [2.75, 3.05) is 5.32 Å². The molecule has 3 aromatic carbocycles. The first-order valence-corrected chi connectivity index (χ1v) is 10.6. The third kappa shape index (κ3) is 5.62. The Labute approximate surface area is 206 Å². The summed E-state index contributed by atoms with van der Waals surface area (Å²) in [5.74, 6) is -1.59. The zero-order chi connectivity index (χ0) is 26.8. The highest BCUT2D eigenvalue weighted by Gasteiger charge is 2.37. The van der Waals surface area contributed by atoms with Crippen LogP contribution in [0, 0.1) is 11.3 Å². The number of benzene rings is 3. The van der Waals surface area contributed by atoms with Gasteiger partial charge in [-0.2, -0.15) is 31.6 Å². The highest BCUT2D eigenvalue weighted by atomic mass is 19.4. The lowest BCUT2D eigenvalue weighted by Gasteiger charge is -2.16. The van der Waals surface area contributed by atoms with Gasteiger partial charge in [-0.25, -0.2) is 4.98 Å². The van der Waals surface area contributed by atoms with Crippen molar-refractivity contribution >= 4 is 11.7 Å². The minimum absolute atomic E-state index is 0.0702. The van der Waals surface area contributed by atoms with Gasteiger partial charge in [-0.1, -0.05) is 60.7 Å². The lowest BCUT2D eigenvalue weighted by Crippen LogP contribution is -2.18. The highest BCUT2D eigenvalue weighted by Crippen LogP contribution is 2.37. The average Bonchev–Trinajstić information content (AvgIpc) is 2.88. The largest absolute Gasteiger partial charge is 0.416 e. The van der Waals surface area contributed by atoms with Gasteiger partial charge in [0.05, 0.1) is 16.8 Å². The fourth-order valence-electron chi connectivity index (χ4n) is 3.62. The molecule has 0 aliphatic rings. The molecule has 0 unspecified atom stereocenters. The molecule has 0 spiro atoms. The van der Waals surface area contributed by atoms with Gasteiger partial charge in [0, 0.05) is 16.7 Å². The van der Waals surface area contributed by atoms with Crippen molar-refractivity contribution in [1.82, 2.24) is 4.98 Å². The monoisotopic (exact) mass is 511 g/mol. The molecule has 186 valence electrons. The standard InChI is InChI=1S/C27H15F6N3O/c28-26(29,30)19-11-18(12-20(13-19)27(31,32)33)25(37)36-24-22(15-34)21(16-7-3-1-4-8-16)14-23(35-24)17-9-5-2-6-10-17/h1-14H,(H,35,36,37). The summed E-state index contributed by atoms with van der Waals surface area (Å²) >= 11 is 0. The Bertz CT molecular complexity index is 1460. The van der Waals surface area contributed by atoms with E-state index in [1.807, 2.05) is 6.07 Å². The molecule has 1 amide bonds. The maximum atomic E-state index is 13.3. The van der Waals surface area contributed by atoms with Crippen LogP contribution in [0.2, 0.25) is 0 Å². The van der Waals surface area contributed by atoms with Crippen LogP contribution < -0.4 is 5.32 Å². The van der Waals surface area contributed by atoms with Crippen molar-refractivity contribution in [2.24, 2.45) is 0 Å². The summed E-state index contributed by atoms with van der Waals surface area (Å²) < 4.78 is 79.6. The summed E-state index contributed by atoms with van der Waals surface area (Å²) in [6.45, 7) is 0. The number of carbonyl (C=O) groups is 1. The van der Waals surface area contributed by atoms with Gasteiger partial charge in [0.15, 0.2) is 5.82 Å². The first-order valence-electron chi connectivity index (χ1n) is 10.6. The molecule has 0 aliphatic heterocycles. The third-order valence-corrected chi connectivity index (χ3v) is 5.37. The molecular weight excluding hydrogens is 496 g/mol. The first-order chi connectivity index (χ1) is 17.5. The minimum atomic E-state index is -5.12. The Morgan fingerprint density at radius 2 is 1.27 bits per heavy atom. The van der Waals surface area contributed by atoms with Gasteiger partial charge >= 0.3 is 12.4 Å². The van der Waals surface area contributed by atoms with Crippen LogP contribution in [0.4, 0.5) is 32.2 Å². The molecule has 1 N–H and O–H groups in total. The van der Waals surface area contributed by atoms with Gasteiger partial charge < -0.3 is 5.32 Å². The first kappa shape index (κ1) is 25.4. The predicted molar refractivity (Wildman–Crippen MR) is 124 cm³/mol. The fraction of sp³-hybridized carbons (Fsp3) is 0.0741. The molecule has 1 aromatic heterocycles. The lowest BCUT2D eigenvalue weighted by atomic mass is 9.98. The fourth-order valence-corrected chi connectivity index (χ4v) is 3.62. The van der Waals surface area contributed by atoms with E-state index < -0.39 is 35.0 Å². The number of hydrogen-bond acceptors (Lipinski definition) is 3. The zero-order valence-corrected chi connectivity index (χ0v) is 18.7. The number of halogens is 6. The minimum Gasteiger partial charge on any atom is -0.305 e. The molecule has 0 atom stereocenters. The van der Waals surface area contributed by atoms with Crippen molar-refractivity contribution in [3.05, 3.63) is 107 Å². The van der Waals surface area contributed by atoms with E-state index in [4.69, 9.17) is 0 Å². The topological polar surface area (TPSA) is 65.8 Å². The summed E-state index contributed by atoms with van der Waals surface area (Å²) in [6.07, 6.45) is -10.2. The molecular formula is C27H15F6N3O. The molecule has 0 fully saturated rings. The number of nitrogens with zero attached hydrogens (tertiary/aromatic N) is 2. The number of hydrogen-bond donors (Lipinski definition) is 1. The summed E-state index contributed by atoms with van der Waals surface area (Å²) in [7, 11) is 0. The number of pyridine rings is 1. The third-order valence-electron chi connectivity index (χ3n) is 5.37. The van der Waals surface area contributed by atoms with E-state index >= 15 is 0 Å². The number of alkyl halides is 6. The quantitative estimate of drug-likeness (QED) is 0.287. The van der Waals surface area contributed by atoms with E-state index in [0.29, 0.717) is 34.5 Å². The Morgan fingerprint density at radius 1 is 0.757 bits per heavy atom. The number of carbonyl (C=O) groups excluding carboxylic acids is 1. The van der Waals surface area contributed by atoms with E-state index in [1.165, 1.54) is 0 Å². The van der Waals surface area contributed by atoms with Gasteiger partial charge in [-0.05, 0) is 29.8 Å². The van der Waals surface area contributed by atoms with Gasteiger partial charge in [0.25, 0.3) is 5.91 Å². The average molecular weight is 511 g/mol. The van der Waals surface area contributed by atoms with Crippen LogP contribution in [0.15, 0.2) is 84.9 Å². The van der Waals surface area contributed by atoms with Crippen LogP contribution in [0.1, 0.15) is 27.0 Å². The van der Waals surface area contributed by atoms with Gasteiger partial charge in [0.1, 0.15) is 11.6 Å². The van der Waals surface area contributed by atoms with Gasteiger partial charge in [0.2, 0.25) is 0 Å². The number of anilines is 1. The van der Waals surface area contributed by atoms with Crippen molar-refractivity contribution in [1.29, 1.82) is 5.26 Å². The molecule has 4 rings (SSSR count). The van der Waals surface area contributed by atoms with Crippen molar-refractivity contribution in [3.63, 3.8) is 0 Å². The lowest BCUT2D eigenvalue weighted by molar-refractivity contribution is -0.143. The summed E-state index contributed by atoms with van der Waals surface area (Å²) in [6, 6.07) is 21.4. The van der Waals surface area contributed by atoms with Gasteiger partial charge in [-0.3, -0.25) is 4.79 Å². The molecule has 10 heteroatoms. The zero-order valence-electron chi connectivity index (χ0n) is 18.7. The number of nitriles is 1. The molecule has 0 aliphatic carbocycles. The summed E-state index contributed by atoms with van der Waals surface area (Å²) in [4.78, 5) is 17.2. The highest BCUT2D eigenvalue weighted by molar-refractivity contribution is 6.05. The van der Waals surface area contributed by atoms with Crippen LogP contribution in [0.5, 0.6) is 0 Å². The second-order valence-electron chi connectivity index (χ2n) is 7.87. The molecule has 1 heterocycles. The molecule has 0 saturated heterocycles. The van der Waals surface area contributed by atoms with Crippen LogP contribution in [0.3, 0.4) is 0 Å². The second-order valence-corrected chi connectivity index (χ2v) is 7.87. The maximum Gasteiger partial charge on any atom is 0.416 e. The predicted octanol–water partition coefficient (Wildman–Crippen LogP) is 7.58. The Balaban J connectivity index is 1.86. The summed E-state index contributed by atoms with van der Waals surface area (Å²) in [5.41, 5.74) is -2.37. The van der Waals surface area contributed by atoms with Crippen LogP contribution in [-0.4, -0.2) is 10.9 Å². The molecule has 0 bridgehead atoms. The van der Waals surface area contributed by atoms with E-state index in [1.54, 1.807) is 66.7 Å². The second kappa shape index (κ2) is 9.78. The van der Waals surface area contributed by atoms with Crippen LogP contribution in [-0.2, 0) is 12.4 Å². The Kier molecular flexibility index (Phi) is 6.72. The Morgan fingerprint density at radius 3 is 1.76 bits per heavy atom.